The second-order valence-corrected chi connectivity index (χ2v) is 7.20. The van der Waals surface area contributed by atoms with Gasteiger partial charge in [0, 0.05) is 36.7 Å². The van der Waals surface area contributed by atoms with Gasteiger partial charge in [0.2, 0.25) is 5.91 Å². The van der Waals surface area contributed by atoms with Gasteiger partial charge < -0.3 is 15.4 Å². The van der Waals surface area contributed by atoms with E-state index in [0.717, 1.165) is 22.6 Å². The predicted molar refractivity (Wildman–Crippen MR) is 95.7 cm³/mol. The molecule has 3 N–H and O–H groups in total. The number of carbonyl (C=O) groups is 1. The lowest BCUT2D eigenvalue weighted by atomic mass is 9.96. The lowest BCUT2D eigenvalue weighted by Gasteiger charge is -2.17. The van der Waals surface area contributed by atoms with Gasteiger partial charge in [-0.05, 0) is 18.4 Å². The highest BCUT2D eigenvalue weighted by Gasteiger charge is 2.18. The van der Waals surface area contributed by atoms with Crippen molar-refractivity contribution in [3.8, 4) is 11.3 Å². The van der Waals surface area contributed by atoms with Crippen LogP contribution in [0.3, 0.4) is 0 Å². The minimum atomic E-state index is -0.0729. The van der Waals surface area contributed by atoms with E-state index in [0.29, 0.717) is 12.8 Å². The van der Waals surface area contributed by atoms with Crippen LogP contribution in [-0.2, 0) is 16.6 Å². The Morgan fingerprint density at radius 2 is 1.96 bits per heavy atom. The Labute approximate surface area is 143 Å². The summed E-state index contributed by atoms with van der Waals surface area (Å²) in [7, 11) is 0. The number of H-pyrrole nitrogens is 1. The Bertz CT molecular complexity index is 669. The van der Waals surface area contributed by atoms with E-state index in [1.165, 1.54) is 6.92 Å². The lowest BCUT2D eigenvalue weighted by molar-refractivity contribution is -0.119. The summed E-state index contributed by atoms with van der Waals surface area (Å²) in [6.07, 6.45) is 3.19. The molecular formula is C19H27N3O2. The SMILES string of the molecule is CC(=O)N[C@H](CCO)Cc1ccc(-c2c[nH]c(C(C)(C)C)n2)cc1. The summed E-state index contributed by atoms with van der Waals surface area (Å²) in [6.45, 7) is 7.94. The molecule has 0 aliphatic heterocycles. The highest BCUT2D eigenvalue weighted by Crippen LogP contribution is 2.24. The van der Waals surface area contributed by atoms with Crippen LogP contribution in [0.25, 0.3) is 11.3 Å². The first-order valence-corrected chi connectivity index (χ1v) is 8.33. The Balaban J connectivity index is 2.09. The number of aliphatic hydroxyl groups is 1. The van der Waals surface area contributed by atoms with E-state index in [9.17, 15) is 4.79 Å². The smallest absolute Gasteiger partial charge is 0.217 e. The molecular weight excluding hydrogens is 302 g/mol. The number of carbonyl (C=O) groups excluding carboxylic acids is 1. The minimum absolute atomic E-state index is 0.00589. The first-order valence-electron chi connectivity index (χ1n) is 8.33. The van der Waals surface area contributed by atoms with Crippen molar-refractivity contribution in [2.45, 2.75) is 52.0 Å². The molecule has 0 aliphatic carbocycles. The number of hydrogen-bond acceptors (Lipinski definition) is 3. The van der Waals surface area contributed by atoms with Crippen LogP contribution in [0.2, 0.25) is 0 Å². The monoisotopic (exact) mass is 329 g/mol. The van der Waals surface area contributed by atoms with Crippen molar-refractivity contribution in [3.63, 3.8) is 0 Å². The van der Waals surface area contributed by atoms with Gasteiger partial charge in [-0.25, -0.2) is 4.98 Å². The van der Waals surface area contributed by atoms with Crippen LogP contribution >= 0.6 is 0 Å². The van der Waals surface area contributed by atoms with E-state index < -0.39 is 0 Å². The molecule has 0 radical (unpaired) electrons. The molecule has 0 fully saturated rings. The molecule has 0 saturated heterocycles. The van der Waals surface area contributed by atoms with Crippen molar-refractivity contribution < 1.29 is 9.90 Å². The second kappa shape index (κ2) is 7.62. The highest BCUT2D eigenvalue weighted by molar-refractivity contribution is 5.73. The van der Waals surface area contributed by atoms with Crippen LogP contribution in [0.4, 0.5) is 0 Å². The number of amides is 1. The van der Waals surface area contributed by atoms with Crippen LogP contribution in [-0.4, -0.2) is 33.6 Å². The molecule has 1 aromatic carbocycles. The number of hydrogen-bond donors (Lipinski definition) is 3. The molecule has 5 nitrogen and oxygen atoms in total. The van der Waals surface area contributed by atoms with Crippen LogP contribution < -0.4 is 5.32 Å². The zero-order chi connectivity index (χ0) is 17.7. The third-order valence-electron chi connectivity index (χ3n) is 3.91. The van der Waals surface area contributed by atoms with Gasteiger partial charge in [0.1, 0.15) is 5.82 Å². The molecule has 24 heavy (non-hydrogen) atoms. The Kier molecular flexibility index (Phi) is 5.78. The van der Waals surface area contributed by atoms with E-state index in [-0.39, 0.29) is 24.0 Å². The van der Waals surface area contributed by atoms with Crippen molar-refractivity contribution in [2.75, 3.05) is 6.61 Å². The zero-order valence-corrected chi connectivity index (χ0v) is 14.9. The molecule has 0 spiro atoms. The molecule has 0 unspecified atom stereocenters. The van der Waals surface area contributed by atoms with Gasteiger partial charge in [-0.15, -0.1) is 0 Å². The molecule has 1 atom stereocenters. The molecule has 1 aromatic heterocycles. The molecule has 1 heterocycles. The van der Waals surface area contributed by atoms with Crippen LogP contribution in [0.5, 0.6) is 0 Å². The number of rotatable bonds is 6. The molecule has 2 rings (SSSR count). The standard InChI is InChI=1S/C19H27N3O2/c1-13(24)21-16(9-10-23)11-14-5-7-15(8-6-14)17-12-20-18(22-17)19(2,3)4/h5-8,12,16,23H,9-11H2,1-4H3,(H,20,22)(H,21,24)/t16-/m1/s1. The fourth-order valence-corrected chi connectivity index (χ4v) is 2.62. The average molecular weight is 329 g/mol. The van der Waals surface area contributed by atoms with Crippen LogP contribution in [0, 0.1) is 0 Å². The molecule has 1 amide bonds. The fraction of sp³-hybridized carbons (Fsp3) is 0.474. The van der Waals surface area contributed by atoms with Gasteiger partial charge in [-0.2, -0.15) is 0 Å². The van der Waals surface area contributed by atoms with Crippen LogP contribution in [0.15, 0.2) is 30.5 Å². The van der Waals surface area contributed by atoms with Crippen molar-refractivity contribution >= 4 is 5.91 Å². The van der Waals surface area contributed by atoms with Crippen molar-refractivity contribution in [1.29, 1.82) is 0 Å². The topological polar surface area (TPSA) is 78.0 Å². The highest BCUT2D eigenvalue weighted by atomic mass is 16.3. The molecule has 0 saturated carbocycles. The van der Waals surface area contributed by atoms with E-state index in [1.54, 1.807) is 0 Å². The van der Waals surface area contributed by atoms with Gasteiger partial charge in [-0.1, -0.05) is 45.0 Å². The second-order valence-electron chi connectivity index (χ2n) is 7.20. The molecule has 5 heteroatoms. The lowest BCUT2D eigenvalue weighted by Crippen LogP contribution is -2.35. The first-order chi connectivity index (χ1) is 11.3. The molecule has 0 aliphatic rings. The summed E-state index contributed by atoms with van der Waals surface area (Å²) >= 11 is 0. The average Bonchev–Trinajstić information content (AvgIpc) is 2.97. The van der Waals surface area contributed by atoms with Gasteiger partial charge >= 0.3 is 0 Å². The Morgan fingerprint density at radius 1 is 1.29 bits per heavy atom. The summed E-state index contributed by atoms with van der Waals surface area (Å²) in [5, 5.41) is 12.0. The van der Waals surface area contributed by atoms with E-state index in [1.807, 2.05) is 30.5 Å². The molecule has 130 valence electrons. The summed E-state index contributed by atoms with van der Waals surface area (Å²) in [4.78, 5) is 19.1. The maximum absolute atomic E-state index is 11.2. The van der Waals surface area contributed by atoms with Gasteiger partial charge in [-0.3, -0.25) is 4.79 Å². The van der Waals surface area contributed by atoms with E-state index in [4.69, 9.17) is 5.11 Å². The third-order valence-corrected chi connectivity index (χ3v) is 3.91. The minimum Gasteiger partial charge on any atom is -0.396 e. The van der Waals surface area contributed by atoms with Gasteiger partial charge in [0.25, 0.3) is 0 Å². The largest absolute Gasteiger partial charge is 0.396 e. The molecule has 0 bridgehead atoms. The van der Waals surface area contributed by atoms with Crippen LogP contribution in [0.1, 0.15) is 45.5 Å². The summed E-state index contributed by atoms with van der Waals surface area (Å²) in [5.74, 6) is 0.895. The molecule has 2 aromatic rings. The number of aromatic nitrogens is 2. The third kappa shape index (κ3) is 4.93. The number of aromatic amines is 1. The summed E-state index contributed by atoms with van der Waals surface area (Å²) in [6, 6.07) is 8.14. The number of nitrogens with zero attached hydrogens (tertiary/aromatic N) is 1. The Morgan fingerprint density at radius 3 is 2.46 bits per heavy atom. The summed E-state index contributed by atoms with van der Waals surface area (Å²) < 4.78 is 0. The number of nitrogens with one attached hydrogen (secondary N) is 2. The number of imidazole rings is 1. The van der Waals surface area contributed by atoms with Crippen molar-refractivity contribution in [1.82, 2.24) is 15.3 Å². The zero-order valence-electron chi connectivity index (χ0n) is 14.9. The number of benzene rings is 1. The van der Waals surface area contributed by atoms with Gasteiger partial charge in [0.15, 0.2) is 0 Å². The van der Waals surface area contributed by atoms with Crippen molar-refractivity contribution in [2.24, 2.45) is 0 Å². The fourth-order valence-electron chi connectivity index (χ4n) is 2.62. The first kappa shape index (κ1) is 18.2. The maximum atomic E-state index is 11.2. The predicted octanol–water partition coefficient (Wildman–Crippen LogP) is 2.80. The number of aliphatic hydroxyl groups excluding tert-OH is 1. The van der Waals surface area contributed by atoms with E-state index >= 15 is 0 Å². The van der Waals surface area contributed by atoms with E-state index in [2.05, 4.69) is 36.1 Å². The van der Waals surface area contributed by atoms with Crippen molar-refractivity contribution in [3.05, 3.63) is 41.9 Å². The Hall–Kier alpha value is -2.14. The quantitative estimate of drug-likeness (QED) is 0.762. The van der Waals surface area contributed by atoms with Gasteiger partial charge in [0.05, 0.1) is 5.69 Å². The normalized spacial score (nSPS) is 12.9. The summed E-state index contributed by atoms with van der Waals surface area (Å²) in [5.41, 5.74) is 3.11. The maximum Gasteiger partial charge on any atom is 0.217 e.